The van der Waals surface area contributed by atoms with Gasteiger partial charge in [0, 0.05) is 19.1 Å². The van der Waals surface area contributed by atoms with Crippen LogP contribution in [0, 0.1) is 5.82 Å². The van der Waals surface area contributed by atoms with Crippen LogP contribution in [0.2, 0.25) is 5.02 Å². The van der Waals surface area contributed by atoms with Crippen LogP contribution in [0.1, 0.15) is 12.8 Å². The van der Waals surface area contributed by atoms with E-state index in [9.17, 15) is 9.18 Å². The van der Waals surface area contributed by atoms with Crippen molar-refractivity contribution < 1.29 is 9.18 Å². The van der Waals surface area contributed by atoms with Gasteiger partial charge in [0.15, 0.2) is 0 Å². The Hall–Kier alpha value is -0.880. The van der Waals surface area contributed by atoms with E-state index in [-0.39, 0.29) is 23.3 Å². The van der Waals surface area contributed by atoms with E-state index in [0.29, 0.717) is 18.3 Å². The Bertz CT molecular complexity index is 479. The molecule has 0 spiro atoms. The van der Waals surface area contributed by atoms with Gasteiger partial charge in [-0.3, -0.25) is 9.69 Å². The van der Waals surface area contributed by atoms with Crippen LogP contribution in [-0.2, 0) is 4.79 Å². The van der Waals surface area contributed by atoms with Gasteiger partial charge in [0.25, 0.3) is 0 Å². The van der Waals surface area contributed by atoms with Gasteiger partial charge in [0.1, 0.15) is 5.82 Å². The predicted octanol–water partition coefficient (Wildman–Crippen LogP) is 2.52. The number of hydrogen-bond acceptors (Lipinski definition) is 3. The molecule has 1 aromatic carbocycles. The molecular formula is C14H20Cl2FN3O. The summed E-state index contributed by atoms with van der Waals surface area (Å²) in [5, 5.41) is 6.18. The summed E-state index contributed by atoms with van der Waals surface area (Å²) >= 11 is 5.88. The number of carbonyl (C=O) groups is 1. The number of halogens is 3. The van der Waals surface area contributed by atoms with Gasteiger partial charge in [-0.25, -0.2) is 4.39 Å². The molecule has 0 atom stereocenters. The molecule has 1 saturated heterocycles. The molecule has 1 fully saturated rings. The molecule has 21 heavy (non-hydrogen) atoms. The Labute approximate surface area is 135 Å². The van der Waals surface area contributed by atoms with Gasteiger partial charge in [-0.1, -0.05) is 11.6 Å². The van der Waals surface area contributed by atoms with Gasteiger partial charge in [-0.2, -0.15) is 0 Å². The van der Waals surface area contributed by atoms with E-state index in [1.54, 1.807) is 0 Å². The number of carbonyl (C=O) groups excluding carboxylic acids is 1. The van der Waals surface area contributed by atoms with Gasteiger partial charge in [0.05, 0.1) is 17.3 Å². The molecule has 1 aliphatic heterocycles. The van der Waals surface area contributed by atoms with Crippen LogP contribution in [0.3, 0.4) is 0 Å². The highest BCUT2D eigenvalue weighted by Crippen LogP contribution is 2.22. The third-order valence-corrected chi connectivity index (χ3v) is 3.88. The summed E-state index contributed by atoms with van der Waals surface area (Å²) in [5.74, 6) is -0.538. The quantitative estimate of drug-likeness (QED) is 0.888. The summed E-state index contributed by atoms with van der Waals surface area (Å²) in [6.45, 7) is 2.14. The standard InChI is InChI=1S/C14H19ClFN3O.ClH/c1-17-11-4-6-19(7-5-11)9-14(20)18-13-3-2-10(16)8-12(13)15;/h2-3,8,11,17H,4-7,9H2,1H3,(H,18,20);1H. The number of piperidine rings is 1. The van der Waals surface area contributed by atoms with Crippen molar-refractivity contribution in [1.82, 2.24) is 10.2 Å². The first-order valence-corrected chi connectivity index (χ1v) is 7.11. The average Bonchev–Trinajstić information content (AvgIpc) is 2.43. The average molecular weight is 336 g/mol. The van der Waals surface area contributed by atoms with Crippen molar-refractivity contribution in [3.05, 3.63) is 29.0 Å². The lowest BCUT2D eigenvalue weighted by Crippen LogP contribution is -2.44. The molecule has 0 aliphatic carbocycles. The lowest BCUT2D eigenvalue weighted by molar-refractivity contribution is -0.117. The number of rotatable bonds is 4. The van der Waals surface area contributed by atoms with E-state index < -0.39 is 5.82 Å². The maximum atomic E-state index is 12.9. The molecule has 0 radical (unpaired) electrons. The van der Waals surface area contributed by atoms with E-state index in [2.05, 4.69) is 15.5 Å². The summed E-state index contributed by atoms with van der Waals surface area (Å²) in [5.41, 5.74) is 0.447. The fourth-order valence-corrected chi connectivity index (χ4v) is 2.58. The summed E-state index contributed by atoms with van der Waals surface area (Å²) in [4.78, 5) is 14.1. The molecule has 2 N–H and O–H groups in total. The van der Waals surface area contributed by atoms with Crippen molar-refractivity contribution in [1.29, 1.82) is 0 Å². The van der Waals surface area contributed by atoms with Crippen molar-refractivity contribution in [2.24, 2.45) is 0 Å². The molecule has 4 nitrogen and oxygen atoms in total. The maximum Gasteiger partial charge on any atom is 0.238 e. The van der Waals surface area contributed by atoms with E-state index in [4.69, 9.17) is 11.6 Å². The zero-order valence-electron chi connectivity index (χ0n) is 11.9. The summed E-state index contributed by atoms with van der Waals surface area (Å²) in [7, 11) is 1.96. The minimum Gasteiger partial charge on any atom is -0.324 e. The number of nitrogens with zero attached hydrogens (tertiary/aromatic N) is 1. The minimum atomic E-state index is -0.415. The third-order valence-electron chi connectivity index (χ3n) is 3.57. The molecule has 118 valence electrons. The van der Waals surface area contributed by atoms with Crippen molar-refractivity contribution in [3.63, 3.8) is 0 Å². The molecular weight excluding hydrogens is 316 g/mol. The Morgan fingerprint density at radius 3 is 2.67 bits per heavy atom. The number of amides is 1. The van der Waals surface area contributed by atoms with Gasteiger partial charge in [0.2, 0.25) is 5.91 Å². The molecule has 0 bridgehead atoms. The Kier molecular flexibility index (Phi) is 7.39. The molecule has 0 unspecified atom stereocenters. The lowest BCUT2D eigenvalue weighted by Gasteiger charge is -2.31. The second-order valence-electron chi connectivity index (χ2n) is 5.01. The number of anilines is 1. The van der Waals surface area contributed by atoms with Crippen molar-refractivity contribution in [3.8, 4) is 0 Å². The fraction of sp³-hybridized carbons (Fsp3) is 0.500. The van der Waals surface area contributed by atoms with E-state index in [1.165, 1.54) is 18.2 Å². The van der Waals surface area contributed by atoms with E-state index >= 15 is 0 Å². The second kappa shape index (κ2) is 8.54. The highest BCUT2D eigenvalue weighted by Gasteiger charge is 2.19. The first-order valence-electron chi connectivity index (χ1n) is 6.73. The van der Waals surface area contributed by atoms with Crippen LogP contribution >= 0.6 is 24.0 Å². The maximum absolute atomic E-state index is 12.9. The van der Waals surface area contributed by atoms with Crippen LogP contribution in [0.15, 0.2) is 18.2 Å². The van der Waals surface area contributed by atoms with E-state index in [0.717, 1.165) is 25.9 Å². The highest BCUT2D eigenvalue weighted by molar-refractivity contribution is 6.33. The number of hydrogen-bond donors (Lipinski definition) is 2. The SMILES string of the molecule is CNC1CCN(CC(=O)Nc2ccc(F)cc2Cl)CC1.Cl. The Morgan fingerprint density at radius 1 is 1.43 bits per heavy atom. The molecule has 1 heterocycles. The molecule has 1 amide bonds. The monoisotopic (exact) mass is 335 g/mol. The van der Waals surface area contributed by atoms with Gasteiger partial charge >= 0.3 is 0 Å². The molecule has 1 aliphatic rings. The first kappa shape index (κ1) is 18.2. The third kappa shape index (κ3) is 5.43. The highest BCUT2D eigenvalue weighted by atomic mass is 35.5. The molecule has 0 aromatic heterocycles. The van der Waals surface area contributed by atoms with E-state index in [1.807, 2.05) is 7.05 Å². The van der Waals surface area contributed by atoms with Crippen LogP contribution < -0.4 is 10.6 Å². The van der Waals surface area contributed by atoms with Gasteiger partial charge in [-0.15, -0.1) is 12.4 Å². The van der Waals surface area contributed by atoms with Crippen molar-refractivity contribution in [2.45, 2.75) is 18.9 Å². The van der Waals surface area contributed by atoms with Crippen molar-refractivity contribution in [2.75, 3.05) is 32.0 Å². The second-order valence-corrected chi connectivity index (χ2v) is 5.42. The zero-order chi connectivity index (χ0) is 14.5. The largest absolute Gasteiger partial charge is 0.324 e. The number of nitrogens with one attached hydrogen (secondary N) is 2. The minimum absolute atomic E-state index is 0. The van der Waals surface area contributed by atoms with Crippen LogP contribution in [0.4, 0.5) is 10.1 Å². The van der Waals surface area contributed by atoms with Crippen LogP contribution in [-0.4, -0.2) is 43.5 Å². The lowest BCUT2D eigenvalue weighted by atomic mass is 10.1. The fourth-order valence-electron chi connectivity index (χ4n) is 2.36. The number of benzene rings is 1. The first-order chi connectivity index (χ1) is 9.58. The Morgan fingerprint density at radius 2 is 2.10 bits per heavy atom. The normalized spacial score (nSPS) is 16.3. The topological polar surface area (TPSA) is 44.4 Å². The predicted molar refractivity (Wildman–Crippen MR) is 85.8 cm³/mol. The molecule has 1 aromatic rings. The zero-order valence-corrected chi connectivity index (χ0v) is 13.4. The Balaban J connectivity index is 0.00000220. The summed E-state index contributed by atoms with van der Waals surface area (Å²) < 4.78 is 12.9. The molecule has 2 rings (SSSR count). The van der Waals surface area contributed by atoms with Crippen LogP contribution in [0.5, 0.6) is 0 Å². The van der Waals surface area contributed by atoms with Crippen LogP contribution in [0.25, 0.3) is 0 Å². The number of likely N-dealkylation sites (tertiary alicyclic amines) is 1. The van der Waals surface area contributed by atoms with Gasteiger partial charge in [-0.05, 0) is 38.1 Å². The summed E-state index contributed by atoms with van der Waals surface area (Å²) in [6.07, 6.45) is 2.09. The van der Waals surface area contributed by atoms with Gasteiger partial charge < -0.3 is 10.6 Å². The van der Waals surface area contributed by atoms with Crippen molar-refractivity contribution >= 4 is 35.6 Å². The molecule has 0 saturated carbocycles. The smallest absolute Gasteiger partial charge is 0.238 e. The molecule has 7 heteroatoms. The summed E-state index contributed by atoms with van der Waals surface area (Å²) in [6, 6.07) is 4.49.